The summed E-state index contributed by atoms with van der Waals surface area (Å²) in [7, 11) is 0. The number of amides is 1. The van der Waals surface area contributed by atoms with Gasteiger partial charge in [0.25, 0.3) is 5.91 Å². The van der Waals surface area contributed by atoms with Crippen molar-refractivity contribution in [1.82, 2.24) is 5.32 Å². The summed E-state index contributed by atoms with van der Waals surface area (Å²) in [4.78, 5) is 11.7. The van der Waals surface area contributed by atoms with Crippen molar-refractivity contribution < 1.29 is 18.7 Å². The van der Waals surface area contributed by atoms with Crippen LogP contribution < -0.4 is 5.32 Å². The van der Waals surface area contributed by atoms with Gasteiger partial charge in [0.05, 0.1) is 5.60 Å². The van der Waals surface area contributed by atoms with Crippen LogP contribution in [0.2, 0.25) is 0 Å². The van der Waals surface area contributed by atoms with E-state index in [-0.39, 0.29) is 12.1 Å². The molecule has 0 bridgehead atoms. The van der Waals surface area contributed by atoms with Gasteiger partial charge in [-0.2, -0.15) is 0 Å². The fourth-order valence-electron chi connectivity index (χ4n) is 1.96. The van der Waals surface area contributed by atoms with Gasteiger partial charge in [-0.05, 0) is 37.8 Å². The minimum Gasteiger partial charge on any atom is -0.388 e. The molecule has 1 aromatic rings. The normalized spacial score (nSPS) is 17.1. The lowest BCUT2D eigenvalue weighted by Gasteiger charge is -2.36. The number of halogens is 2. The Morgan fingerprint density at radius 1 is 1.44 bits per heavy atom. The fraction of sp³-hybridized carbons (Fsp3) is 0.462. The highest BCUT2D eigenvalue weighted by Gasteiger charge is 2.35. The third kappa shape index (κ3) is 2.36. The summed E-state index contributed by atoms with van der Waals surface area (Å²) >= 11 is 0. The monoisotopic (exact) mass is 255 g/mol. The molecule has 0 radical (unpaired) electrons. The topological polar surface area (TPSA) is 49.3 Å². The molecule has 1 aliphatic carbocycles. The molecule has 1 amide bonds. The summed E-state index contributed by atoms with van der Waals surface area (Å²) in [6.07, 6.45) is 2.11. The Morgan fingerprint density at radius 2 is 2.11 bits per heavy atom. The van der Waals surface area contributed by atoms with Crippen molar-refractivity contribution in [3.63, 3.8) is 0 Å². The van der Waals surface area contributed by atoms with E-state index in [1.807, 2.05) is 0 Å². The highest BCUT2D eigenvalue weighted by molar-refractivity contribution is 5.95. The molecule has 0 saturated heterocycles. The van der Waals surface area contributed by atoms with Gasteiger partial charge in [0.15, 0.2) is 0 Å². The van der Waals surface area contributed by atoms with Crippen molar-refractivity contribution in [2.75, 3.05) is 6.54 Å². The van der Waals surface area contributed by atoms with Crippen molar-refractivity contribution in [2.24, 2.45) is 0 Å². The number of carbonyl (C=O) groups is 1. The Kier molecular flexibility index (Phi) is 3.34. The summed E-state index contributed by atoms with van der Waals surface area (Å²) in [5.41, 5.74) is -1.28. The van der Waals surface area contributed by atoms with Gasteiger partial charge in [0.2, 0.25) is 0 Å². The highest BCUT2D eigenvalue weighted by atomic mass is 19.1. The largest absolute Gasteiger partial charge is 0.388 e. The lowest BCUT2D eigenvalue weighted by atomic mass is 9.80. The first kappa shape index (κ1) is 13.0. The zero-order chi connectivity index (χ0) is 13.3. The van der Waals surface area contributed by atoms with Crippen molar-refractivity contribution in [3.8, 4) is 0 Å². The lowest BCUT2D eigenvalue weighted by Crippen LogP contribution is -2.48. The third-order valence-electron chi connectivity index (χ3n) is 3.37. The number of nitrogens with one attached hydrogen (secondary N) is 1. The van der Waals surface area contributed by atoms with Crippen molar-refractivity contribution in [1.29, 1.82) is 0 Å². The van der Waals surface area contributed by atoms with Crippen LogP contribution in [0.15, 0.2) is 12.1 Å². The highest BCUT2D eigenvalue weighted by Crippen LogP contribution is 2.30. The Labute approximate surface area is 104 Å². The molecule has 98 valence electrons. The van der Waals surface area contributed by atoms with E-state index in [4.69, 9.17) is 0 Å². The van der Waals surface area contributed by atoms with Gasteiger partial charge in [0.1, 0.15) is 17.2 Å². The van der Waals surface area contributed by atoms with Crippen LogP contribution in [-0.4, -0.2) is 23.2 Å². The van der Waals surface area contributed by atoms with Crippen molar-refractivity contribution >= 4 is 5.91 Å². The maximum Gasteiger partial charge on any atom is 0.257 e. The summed E-state index contributed by atoms with van der Waals surface area (Å²) in [6, 6.07) is 2.34. The first-order chi connectivity index (χ1) is 8.43. The van der Waals surface area contributed by atoms with Crippen LogP contribution in [0, 0.1) is 18.6 Å². The molecule has 1 fully saturated rings. The molecule has 0 spiro atoms. The molecular weight excluding hydrogens is 240 g/mol. The summed E-state index contributed by atoms with van der Waals surface area (Å²) in [5.74, 6) is -2.57. The van der Waals surface area contributed by atoms with E-state index < -0.39 is 28.7 Å². The van der Waals surface area contributed by atoms with Gasteiger partial charge in [0, 0.05) is 6.54 Å². The van der Waals surface area contributed by atoms with E-state index in [1.165, 1.54) is 13.0 Å². The summed E-state index contributed by atoms with van der Waals surface area (Å²) < 4.78 is 27.1. The van der Waals surface area contributed by atoms with Gasteiger partial charge in [-0.15, -0.1) is 0 Å². The van der Waals surface area contributed by atoms with E-state index in [9.17, 15) is 18.7 Å². The number of benzene rings is 1. The fourth-order valence-corrected chi connectivity index (χ4v) is 1.96. The Morgan fingerprint density at radius 3 is 2.67 bits per heavy atom. The number of hydrogen-bond donors (Lipinski definition) is 2. The van der Waals surface area contributed by atoms with E-state index >= 15 is 0 Å². The van der Waals surface area contributed by atoms with Crippen LogP contribution in [0.5, 0.6) is 0 Å². The number of rotatable bonds is 3. The molecule has 0 aliphatic heterocycles. The quantitative estimate of drug-likeness (QED) is 0.867. The summed E-state index contributed by atoms with van der Waals surface area (Å²) in [6.45, 7) is 1.49. The van der Waals surface area contributed by atoms with E-state index in [1.54, 1.807) is 0 Å². The zero-order valence-corrected chi connectivity index (χ0v) is 10.1. The predicted octanol–water partition coefficient (Wildman–Crippen LogP) is 1.92. The van der Waals surface area contributed by atoms with E-state index in [2.05, 4.69) is 5.32 Å². The zero-order valence-electron chi connectivity index (χ0n) is 10.1. The average molecular weight is 255 g/mol. The van der Waals surface area contributed by atoms with Gasteiger partial charge in [-0.1, -0.05) is 6.07 Å². The third-order valence-corrected chi connectivity index (χ3v) is 3.37. The molecule has 3 nitrogen and oxygen atoms in total. The van der Waals surface area contributed by atoms with Gasteiger partial charge < -0.3 is 10.4 Å². The van der Waals surface area contributed by atoms with Crippen molar-refractivity contribution in [3.05, 3.63) is 34.9 Å². The van der Waals surface area contributed by atoms with Crippen LogP contribution in [0.1, 0.15) is 35.2 Å². The average Bonchev–Trinajstić information content (AvgIpc) is 2.29. The molecule has 1 aliphatic rings. The van der Waals surface area contributed by atoms with Crippen LogP contribution in [0.4, 0.5) is 8.78 Å². The minimum atomic E-state index is -0.910. The number of hydrogen-bond acceptors (Lipinski definition) is 2. The molecule has 2 N–H and O–H groups in total. The second-order valence-corrected chi connectivity index (χ2v) is 4.81. The standard InChI is InChI=1S/C13H15F2NO2/c1-8-3-4-9(14)10(11(8)15)12(17)16-7-13(18)5-2-6-13/h3-4,18H,2,5-7H2,1H3,(H,16,17). The van der Waals surface area contributed by atoms with Gasteiger partial charge in [-0.25, -0.2) is 8.78 Å². The molecule has 0 atom stereocenters. The van der Waals surface area contributed by atoms with Crippen LogP contribution in [-0.2, 0) is 0 Å². The number of aliphatic hydroxyl groups is 1. The molecule has 1 aromatic carbocycles. The molecule has 0 unspecified atom stereocenters. The Bertz CT molecular complexity index is 484. The maximum absolute atomic E-state index is 13.7. The number of aryl methyl sites for hydroxylation is 1. The lowest BCUT2D eigenvalue weighted by molar-refractivity contribution is -0.0301. The first-order valence-corrected chi connectivity index (χ1v) is 5.88. The molecule has 0 heterocycles. The van der Waals surface area contributed by atoms with Crippen LogP contribution in [0.25, 0.3) is 0 Å². The first-order valence-electron chi connectivity index (χ1n) is 5.88. The molecule has 18 heavy (non-hydrogen) atoms. The Hall–Kier alpha value is -1.49. The second-order valence-electron chi connectivity index (χ2n) is 4.81. The van der Waals surface area contributed by atoms with E-state index in [0.717, 1.165) is 12.5 Å². The predicted molar refractivity (Wildman–Crippen MR) is 62.2 cm³/mol. The number of carbonyl (C=O) groups excluding carboxylic acids is 1. The summed E-state index contributed by atoms with van der Waals surface area (Å²) in [5, 5.41) is 12.2. The van der Waals surface area contributed by atoms with Gasteiger partial charge >= 0.3 is 0 Å². The minimum absolute atomic E-state index is 0.0264. The van der Waals surface area contributed by atoms with Gasteiger partial charge in [-0.3, -0.25) is 4.79 Å². The molecule has 5 heteroatoms. The molecular formula is C13H15F2NO2. The van der Waals surface area contributed by atoms with Crippen LogP contribution >= 0.6 is 0 Å². The smallest absolute Gasteiger partial charge is 0.257 e. The van der Waals surface area contributed by atoms with Crippen LogP contribution in [0.3, 0.4) is 0 Å². The Balaban J connectivity index is 2.11. The van der Waals surface area contributed by atoms with Crippen molar-refractivity contribution in [2.45, 2.75) is 31.8 Å². The second kappa shape index (κ2) is 4.65. The molecule has 1 saturated carbocycles. The maximum atomic E-state index is 13.7. The molecule has 0 aromatic heterocycles. The molecule has 2 rings (SSSR count). The van der Waals surface area contributed by atoms with E-state index in [0.29, 0.717) is 12.8 Å². The SMILES string of the molecule is Cc1ccc(F)c(C(=O)NCC2(O)CCC2)c1F.